The molecule has 0 N–H and O–H groups in total. The van der Waals surface area contributed by atoms with Gasteiger partial charge >= 0.3 is 5.97 Å². The van der Waals surface area contributed by atoms with Crippen molar-refractivity contribution < 1.29 is 9.53 Å². The Labute approximate surface area is 324 Å². The Hall–Kier alpha value is -5.26. The van der Waals surface area contributed by atoms with E-state index >= 15 is 0 Å². The molecule has 0 radical (unpaired) electrons. The second-order valence-electron chi connectivity index (χ2n) is 11.1. The normalized spacial score (nSPS) is 11.4. The summed E-state index contributed by atoms with van der Waals surface area (Å²) in [6, 6.07) is 24.8. The average molecular weight is 781 g/mol. The van der Waals surface area contributed by atoms with E-state index in [1.54, 1.807) is 62.0 Å². The van der Waals surface area contributed by atoms with Crippen molar-refractivity contribution in [1.29, 1.82) is 5.26 Å². The summed E-state index contributed by atoms with van der Waals surface area (Å²) < 4.78 is 9.48. The summed E-state index contributed by atoms with van der Waals surface area (Å²) in [5.41, 5.74) is 2.51. The van der Waals surface area contributed by atoms with E-state index in [1.807, 2.05) is 45.9 Å². The van der Waals surface area contributed by atoms with E-state index in [0.29, 0.717) is 60.6 Å². The van der Waals surface area contributed by atoms with Crippen LogP contribution in [0.3, 0.4) is 0 Å². The van der Waals surface area contributed by atoms with Gasteiger partial charge in [-0.05, 0) is 66.6 Å². The number of nitrogens with zero attached hydrogens (tertiary/aromatic N) is 9. The lowest BCUT2D eigenvalue weighted by Crippen LogP contribution is -2.23. The molecule has 0 fully saturated rings. The highest BCUT2D eigenvalue weighted by atomic mass is 35.5. The van der Waals surface area contributed by atoms with Crippen molar-refractivity contribution in [3.63, 3.8) is 0 Å². The number of fused-ring (bicyclic) bond motifs is 1. The maximum atomic E-state index is 14.3. The van der Waals surface area contributed by atoms with Crippen LogP contribution >= 0.6 is 46.7 Å². The fraction of sp³-hybridized carbons (Fsp3) is 0.158. The first-order chi connectivity index (χ1) is 25.8. The third-order valence-corrected chi connectivity index (χ3v) is 9.80. The monoisotopic (exact) mass is 779 g/mol. The number of rotatable bonds is 10. The highest BCUT2D eigenvalue weighted by Gasteiger charge is 2.35. The van der Waals surface area contributed by atoms with Gasteiger partial charge in [-0.25, -0.2) is 29.9 Å². The van der Waals surface area contributed by atoms with Gasteiger partial charge in [0.1, 0.15) is 29.2 Å². The zero-order chi connectivity index (χ0) is 37.5. The molecule has 15 heteroatoms. The van der Waals surface area contributed by atoms with Crippen LogP contribution in [0.1, 0.15) is 31.2 Å². The lowest BCUT2D eigenvalue weighted by Gasteiger charge is -2.21. The Kier molecular flexibility index (Phi) is 12.1. The number of ether oxygens (including phenoxy) is 1. The topological polar surface area (TPSA) is 137 Å². The Morgan fingerprint density at radius 3 is 1.83 bits per heavy atom. The SMILES string of the molecule is CC#N.CCOC(=O)C(c1cnc(-c2ccc(Cl)c(Cl)c2)n1-c1ccnc(SC)n1)c1cnc(-c2ccc3ccccc3c2)n1-c1ccnc(SC)n1. The van der Waals surface area contributed by atoms with Gasteiger partial charge < -0.3 is 4.74 Å². The molecule has 4 aromatic heterocycles. The van der Waals surface area contributed by atoms with Crippen molar-refractivity contribution in [2.75, 3.05) is 19.1 Å². The first-order valence-electron chi connectivity index (χ1n) is 16.1. The van der Waals surface area contributed by atoms with Crippen molar-refractivity contribution in [3.8, 4) is 40.5 Å². The predicted octanol–water partition coefficient (Wildman–Crippen LogP) is 9.10. The second-order valence-corrected chi connectivity index (χ2v) is 13.4. The summed E-state index contributed by atoms with van der Waals surface area (Å²) in [7, 11) is 0. The summed E-state index contributed by atoms with van der Waals surface area (Å²) in [5, 5.41) is 11.3. The molecular formula is C38H31Cl2N9O2S2. The first-order valence-corrected chi connectivity index (χ1v) is 19.3. The van der Waals surface area contributed by atoms with E-state index in [9.17, 15) is 4.79 Å². The number of imidazole rings is 2. The smallest absolute Gasteiger partial charge is 0.321 e. The number of nitriles is 1. The van der Waals surface area contributed by atoms with Gasteiger partial charge in [0, 0.05) is 30.4 Å². The van der Waals surface area contributed by atoms with Crippen molar-refractivity contribution in [2.24, 2.45) is 0 Å². The molecule has 1 atom stereocenters. The molecule has 0 spiro atoms. The Morgan fingerprint density at radius 2 is 1.30 bits per heavy atom. The molecule has 4 heterocycles. The molecule has 0 amide bonds. The molecule has 7 rings (SSSR count). The van der Waals surface area contributed by atoms with Gasteiger partial charge in [-0.15, -0.1) is 0 Å². The predicted molar refractivity (Wildman–Crippen MR) is 210 cm³/mol. The number of carbonyl (C=O) groups is 1. The zero-order valence-electron chi connectivity index (χ0n) is 28.9. The van der Waals surface area contributed by atoms with Gasteiger partial charge in [0.15, 0.2) is 10.3 Å². The minimum absolute atomic E-state index is 0.156. The number of esters is 1. The summed E-state index contributed by atoms with van der Waals surface area (Å²) in [6.45, 7) is 3.36. The van der Waals surface area contributed by atoms with Crippen LogP contribution in [0.2, 0.25) is 10.0 Å². The largest absolute Gasteiger partial charge is 0.465 e. The van der Waals surface area contributed by atoms with Gasteiger partial charge in [0.2, 0.25) is 0 Å². The molecule has 53 heavy (non-hydrogen) atoms. The van der Waals surface area contributed by atoms with Gasteiger partial charge in [0.25, 0.3) is 0 Å². The van der Waals surface area contributed by atoms with E-state index in [0.717, 1.165) is 16.3 Å². The Bertz CT molecular complexity index is 2460. The summed E-state index contributed by atoms with van der Waals surface area (Å²) in [4.78, 5) is 42.5. The lowest BCUT2D eigenvalue weighted by atomic mass is 10.0. The Balaban J connectivity index is 0.00000155. The fourth-order valence-corrected chi connectivity index (χ4v) is 6.72. The maximum Gasteiger partial charge on any atom is 0.321 e. The van der Waals surface area contributed by atoms with Crippen LogP contribution in [-0.4, -0.2) is 64.1 Å². The minimum atomic E-state index is -1.03. The number of halogens is 2. The maximum absolute atomic E-state index is 14.3. The highest BCUT2D eigenvalue weighted by Crippen LogP contribution is 2.37. The number of thioether (sulfide) groups is 2. The van der Waals surface area contributed by atoms with Gasteiger partial charge in [0.05, 0.1) is 46.5 Å². The van der Waals surface area contributed by atoms with E-state index in [1.165, 1.54) is 30.4 Å². The van der Waals surface area contributed by atoms with Crippen molar-refractivity contribution in [1.82, 2.24) is 39.0 Å². The molecule has 0 aliphatic rings. The van der Waals surface area contributed by atoms with Crippen LogP contribution < -0.4 is 0 Å². The van der Waals surface area contributed by atoms with Crippen molar-refractivity contribution in [2.45, 2.75) is 30.1 Å². The van der Waals surface area contributed by atoms with E-state index < -0.39 is 11.9 Å². The van der Waals surface area contributed by atoms with E-state index in [4.69, 9.17) is 53.1 Å². The standard InChI is InChI=1S/C36H28Cl2N8O2S2.C2H3N/c1-4-48-34(47)31(28-20-42-33(24-11-12-25(37)26(38)18-24)46(28)30-14-16-40-36(44-30)50-3)27-19-41-32(45(27)29-13-15-39-35(43-29)49-2)23-10-9-21-7-5-6-8-22(21)17-23;1-2-3/h5-20,31H,4H2,1-3H3;1H3. The number of hydrogen-bond donors (Lipinski definition) is 0. The van der Waals surface area contributed by atoms with Crippen LogP contribution in [0.5, 0.6) is 0 Å². The summed E-state index contributed by atoms with van der Waals surface area (Å²) in [6.07, 6.45) is 10.5. The highest BCUT2D eigenvalue weighted by molar-refractivity contribution is 7.98. The van der Waals surface area contributed by atoms with Crippen LogP contribution in [-0.2, 0) is 9.53 Å². The van der Waals surface area contributed by atoms with Crippen LogP contribution in [0.4, 0.5) is 0 Å². The minimum Gasteiger partial charge on any atom is -0.465 e. The molecule has 7 aromatic rings. The molecule has 11 nitrogen and oxygen atoms in total. The summed E-state index contributed by atoms with van der Waals surface area (Å²) >= 11 is 15.6. The zero-order valence-corrected chi connectivity index (χ0v) is 32.1. The van der Waals surface area contributed by atoms with E-state index in [-0.39, 0.29) is 6.61 Å². The molecule has 0 saturated heterocycles. The lowest BCUT2D eigenvalue weighted by molar-refractivity contribution is -0.144. The molecule has 266 valence electrons. The number of benzene rings is 3. The van der Waals surface area contributed by atoms with Gasteiger partial charge in [-0.2, -0.15) is 5.26 Å². The van der Waals surface area contributed by atoms with Crippen molar-refractivity contribution in [3.05, 3.63) is 119 Å². The fourth-order valence-electron chi connectivity index (χ4n) is 5.72. The van der Waals surface area contributed by atoms with Crippen LogP contribution in [0.25, 0.3) is 45.2 Å². The Morgan fingerprint density at radius 1 is 0.774 bits per heavy atom. The van der Waals surface area contributed by atoms with Crippen molar-refractivity contribution >= 4 is 63.5 Å². The first kappa shape index (κ1) is 37.5. The number of carbonyl (C=O) groups excluding carboxylic acids is 1. The van der Waals surface area contributed by atoms with Gasteiger partial charge in [-0.3, -0.25) is 13.9 Å². The molecule has 3 aromatic carbocycles. The van der Waals surface area contributed by atoms with Crippen LogP contribution in [0.15, 0.2) is 108 Å². The molecule has 0 aliphatic carbocycles. The van der Waals surface area contributed by atoms with Crippen LogP contribution in [0, 0.1) is 11.3 Å². The second kappa shape index (κ2) is 17.0. The quantitative estimate of drug-likeness (QED) is 0.0747. The molecule has 1 unspecified atom stereocenters. The van der Waals surface area contributed by atoms with E-state index in [2.05, 4.69) is 34.2 Å². The molecular weight excluding hydrogens is 750 g/mol. The summed E-state index contributed by atoms with van der Waals surface area (Å²) in [5.74, 6) is 0.593. The third-order valence-electron chi connectivity index (χ3n) is 7.94. The number of hydrogen-bond acceptors (Lipinski definition) is 11. The molecule has 0 bridgehead atoms. The third kappa shape index (κ3) is 7.91. The van der Waals surface area contributed by atoms with Gasteiger partial charge in [-0.1, -0.05) is 83.1 Å². The molecule has 0 saturated carbocycles. The molecule has 0 aliphatic heterocycles. The number of aromatic nitrogens is 8. The average Bonchev–Trinajstić information content (AvgIpc) is 3.82.